The quantitative estimate of drug-likeness (QED) is 0.663. The number of anilines is 1. The van der Waals surface area contributed by atoms with E-state index < -0.39 is 12.0 Å². The maximum absolute atomic E-state index is 11.6. The standard InChI is InChI=1S/C15H17N5O2S/c1-7-8(2)23-14-12(7)13(18-9(3)19-14)20-11(15(21)22)4-10-5-16-6-17-10/h5-6,11H,4H2,1-3H3,(H,16,17)(H,21,22)(H,18,19,20). The third kappa shape index (κ3) is 3.02. The van der Waals surface area contributed by atoms with Crippen molar-refractivity contribution in [1.82, 2.24) is 19.9 Å². The summed E-state index contributed by atoms with van der Waals surface area (Å²) in [5, 5.41) is 13.5. The Labute approximate surface area is 136 Å². The van der Waals surface area contributed by atoms with E-state index in [1.54, 1.807) is 24.5 Å². The van der Waals surface area contributed by atoms with Crippen LogP contribution in [-0.4, -0.2) is 37.1 Å². The number of aromatic nitrogens is 4. The maximum atomic E-state index is 11.6. The first-order valence-corrected chi connectivity index (χ1v) is 7.98. The fraction of sp³-hybridized carbons (Fsp3) is 0.333. The number of nitrogens with zero attached hydrogens (tertiary/aromatic N) is 3. The predicted octanol–water partition coefficient (Wildman–Crippen LogP) is 2.45. The van der Waals surface area contributed by atoms with Crippen molar-refractivity contribution >= 4 is 33.3 Å². The van der Waals surface area contributed by atoms with Gasteiger partial charge in [-0.15, -0.1) is 11.3 Å². The van der Waals surface area contributed by atoms with Crippen molar-refractivity contribution in [3.8, 4) is 0 Å². The highest BCUT2D eigenvalue weighted by Crippen LogP contribution is 2.33. The Morgan fingerprint density at radius 3 is 2.83 bits per heavy atom. The number of aliphatic carboxylic acids is 1. The number of imidazole rings is 1. The van der Waals surface area contributed by atoms with Crippen LogP contribution in [0.3, 0.4) is 0 Å². The first-order valence-electron chi connectivity index (χ1n) is 7.16. The molecule has 3 aromatic rings. The van der Waals surface area contributed by atoms with E-state index in [0.717, 1.165) is 26.4 Å². The van der Waals surface area contributed by atoms with Crippen molar-refractivity contribution in [3.63, 3.8) is 0 Å². The number of hydrogen-bond acceptors (Lipinski definition) is 6. The van der Waals surface area contributed by atoms with Gasteiger partial charge >= 0.3 is 5.97 Å². The Hall–Kier alpha value is -2.48. The van der Waals surface area contributed by atoms with Gasteiger partial charge < -0.3 is 15.4 Å². The number of carbonyl (C=O) groups is 1. The molecule has 1 atom stereocenters. The van der Waals surface area contributed by atoms with Crippen LogP contribution in [0.4, 0.5) is 5.82 Å². The molecule has 3 aromatic heterocycles. The minimum absolute atomic E-state index is 0.294. The van der Waals surface area contributed by atoms with E-state index in [2.05, 4.69) is 25.3 Å². The number of rotatable bonds is 5. The molecule has 0 radical (unpaired) electrons. The second-order valence-electron chi connectivity index (χ2n) is 5.40. The average Bonchev–Trinajstić information content (AvgIpc) is 3.07. The fourth-order valence-corrected chi connectivity index (χ4v) is 3.52. The fourth-order valence-electron chi connectivity index (χ4n) is 2.44. The zero-order chi connectivity index (χ0) is 16.6. The van der Waals surface area contributed by atoms with E-state index in [9.17, 15) is 9.90 Å². The summed E-state index contributed by atoms with van der Waals surface area (Å²) in [5.41, 5.74) is 1.84. The summed E-state index contributed by atoms with van der Waals surface area (Å²) in [6, 6.07) is -0.799. The third-order valence-electron chi connectivity index (χ3n) is 3.73. The molecule has 1 unspecified atom stereocenters. The molecule has 0 bridgehead atoms. The van der Waals surface area contributed by atoms with Crippen LogP contribution in [0.1, 0.15) is 22.0 Å². The van der Waals surface area contributed by atoms with Gasteiger partial charge in [0.25, 0.3) is 0 Å². The molecule has 8 heteroatoms. The number of aromatic amines is 1. The molecule has 0 amide bonds. The first-order chi connectivity index (χ1) is 11.0. The molecule has 0 fully saturated rings. The summed E-state index contributed by atoms with van der Waals surface area (Å²) in [6.45, 7) is 5.84. The maximum Gasteiger partial charge on any atom is 0.326 e. The Morgan fingerprint density at radius 2 is 2.17 bits per heavy atom. The third-order valence-corrected chi connectivity index (χ3v) is 4.83. The van der Waals surface area contributed by atoms with Crippen LogP contribution in [0.25, 0.3) is 10.2 Å². The molecule has 120 valence electrons. The van der Waals surface area contributed by atoms with E-state index in [4.69, 9.17) is 0 Å². The van der Waals surface area contributed by atoms with Crippen LogP contribution < -0.4 is 5.32 Å². The molecule has 0 aliphatic heterocycles. The van der Waals surface area contributed by atoms with Crippen LogP contribution in [0.5, 0.6) is 0 Å². The van der Waals surface area contributed by atoms with Crippen LogP contribution in [0.15, 0.2) is 12.5 Å². The Kier molecular flexibility index (Phi) is 3.99. The van der Waals surface area contributed by atoms with Crippen LogP contribution in [0, 0.1) is 20.8 Å². The van der Waals surface area contributed by atoms with Gasteiger partial charge in [0.1, 0.15) is 22.5 Å². The van der Waals surface area contributed by atoms with Crippen molar-refractivity contribution in [2.75, 3.05) is 5.32 Å². The Balaban J connectivity index is 1.99. The Bertz CT molecular complexity index is 857. The average molecular weight is 331 g/mol. The van der Waals surface area contributed by atoms with E-state index in [1.165, 1.54) is 6.33 Å². The topological polar surface area (TPSA) is 104 Å². The minimum Gasteiger partial charge on any atom is -0.480 e. The zero-order valence-electron chi connectivity index (χ0n) is 13.0. The Morgan fingerprint density at radius 1 is 1.39 bits per heavy atom. The zero-order valence-corrected chi connectivity index (χ0v) is 13.9. The van der Waals surface area contributed by atoms with Crippen LogP contribution in [-0.2, 0) is 11.2 Å². The number of H-pyrrole nitrogens is 1. The van der Waals surface area contributed by atoms with Crippen molar-refractivity contribution in [3.05, 3.63) is 34.5 Å². The first kappa shape index (κ1) is 15.4. The second-order valence-corrected chi connectivity index (χ2v) is 6.60. The van der Waals surface area contributed by atoms with Gasteiger partial charge in [0, 0.05) is 23.2 Å². The van der Waals surface area contributed by atoms with Gasteiger partial charge in [-0.25, -0.2) is 19.7 Å². The van der Waals surface area contributed by atoms with E-state index in [0.29, 0.717) is 18.1 Å². The van der Waals surface area contributed by atoms with Gasteiger partial charge in [-0.05, 0) is 26.3 Å². The number of thiophene rings is 1. The number of aryl methyl sites for hydroxylation is 3. The van der Waals surface area contributed by atoms with Crippen molar-refractivity contribution in [2.24, 2.45) is 0 Å². The molecule has 23 heavy (non-hydrogen) atoms. The molecule has 0 saturated carbocycles. The summed E-state index contributed by atoms with van der Waals surface area (Å²) < 4.78 is 0. The number of carboxylic acids is 1. The highest BCUT2D eigenvalue weighted by Gasteiger charge is 2.22. The summed E-state index contributed by atoms with van der Waals surface area (Å²) in [4.78, 5) is 29.4. The monoisotopic (exact) mass is 331 g/mol. The molecule has 3 heterocycles. The number of carboxylic acid groups (broad SMARTS) is 1. The van der Waals surface area contributed by atoms with Crippen LogP contribution in [0.2, 0.25) is 0 Å². The predicted molar refractivity (Wildman–Crippen MR) is 89.0 cm³/mol. The molecule has 0 aliphatic carbocycles. The lowest BCUT2D eigenvalue weighted by Gasteiger charge is -2.15. The number of fused-ring (bicyclic) bond motifs is 1. The molecule has 0 aromatic carbocycles. The van der Waals surface area contributed by atoms with Gasteiger partial charge in [0.2, 0.25) is 0 Å². The second kappa shape index (κ2) is 5.96. The largest absolute Gasteiger partial charge is 0.480 e. The van der Waals surface area contributed by atoms with Crippen molar-refractivity contribution in [1.29, 1.82) is 0 Å². The molecule has 3 N–H and O–H groups in total. The van der Waals surface area contributed by atoms with Crippen molar-refractivity contribution in [2.45, 2.75) is 33.2 Å². The minimum atomic E-state index is -0.936. The van der Waals surface area contributed by atoms with Crippen molar-refractivity contribution < 1.29 is 9.90 Å². The van der Waals surface area contributed by atoms with Gasteiger partial charge in [-0.2, -0.15) is 0 Å². The van der Waals surface area contributed by atoms with Crippen LogP contribution >= 0.6 is 11.3 Å². The lowest BCUT2D eigenvalue weighted by molar-refractivity contribution is -0.137. The molecular formula is C15H17N5O2S. The van der Waals surface area contributed by atoms with Gasteiger partial charge in [0.05, 0.1) is 11.7 Å². The molecule has 0 saturated heterocycles. The van der Waals surface area contributed by atoms with E-state index in [1.807, 2.05) is 13.8 Å². The number of hydrogen-bond donors (Lipinski definition) is 3. The highest BCUT2D eigenvalue weighted by atomic mass is 32.1. The highest BCUT2D eigenvalue weighted by molar-refractivity contribution is 7.18. The van der Waals surface area contributed by atoms with Gasteiger partial charge in [0.15, 0.2) is 0 Å². The summed E-state index contributed by atoms with van der Waals surface area (Å²) in [7, 11) is 0. The molecular weight excluding hydrogens is 314 g/mol. The summed E-state index contributed by atoms with van der Waals surface area (Å²) in [6.07, 6.45) is 3.45. The molecule has 7 nitrogen and oxygen atoms in total. The SMILES string of the molecule is Cc1nc(NC(Cc2cnc[nH]2)C(=O)O)c2c(C)c(C)sc2n1. The molecule has 0 aliphatic rings. The molecule has 0 spiro atoms. The number of nitrogens with one attached hydrogen (secondary N) is 2. The smallest absolute Gasteiger partial charge is 0.326 e. The molecule has 3 rings (SSSR count). The summed E-state index contributed by atoms with van der Waals surface area (Å²) >= 11 is 1.59. The normalized spacial score (nSPS) is 12.5. The lowest BCUT2D eigenvalue weighted by atomic mass is 10.1. The van der Waals surface area contributed by atoms with Gasteiger partial charge in [-0.3, -0.25) is 0 Å². The van der Waals surface area contributed by atoms with Gasteiger partial charge in [-0.1, -0.05) is 0 Å². The van der Waals surface area contributed by atoms with E-state index in [-0.39, 0.29) is 0 Å². The lowest BCUT2D eigenvalue weighted by Crippen LogP contribution is -2.32. The summed E-state index contributed by atoms with van der Waals surface area (Å²) in [5.74, 6) is 0.252. The van der Waals surface area contributed by atoms with E-state index >= 15 is 0 Å².